The Bertz CT molecular complexity index is 4780. The number of esters is 2. The number of anilines is 1. The number of carbonyl (C=O) groups excluding carboxylic acids is 4. The molecule has 27 nitrogen and oxygen atoms in total. The maximum Gasteiger partial charge on any atom is 0.389 e. The van der Waals surface area contributed by atoms with Crippen molar-refractivity contribution in [2.24, 2.45) is 22.8 Å². The molecule has 0 aliphatic carbocycles. The number of rotatable bonds is 18. The number of alkyl halides is 3. The molecule has 0 bridgehead atoms. The molecule has 2 amide bonds. The largest absolute Gasteiger partial charge is 0.493 e. The molecule has 8 aromatic rings. The van der Waals surface area contributed by atoms with Gasteiger partial charge in [0.25, 0.3) is 15.6 Å². The van der Waals surface area contributed by atoms with Crippen LogP contribution in [0.4, 0.5) is 23.9 Å². The number of hydrogen-bond donors (Lipinski definition) is 3. The fourth-order valence-electron chi connectivity index (χ4n) is 11.4. The minimum atomic E-state index is -4.45. The Hall–Kier alpha value is -10.6. The van der Waals surface area contributed by atoms with Crippen LogP contribution in [0, 0.1) is 26.2 Å². The monoisotopic (exact) mass is 1480 g/mol. The number of nitrogens with zero attached hydrogens (tertiary/aromatic N) is 9. The van der Waals surface area contributed by atoms with Gasteiger partial charge in [-0.3, -0.25) is 19.7 Å². The zero-order valence-electron chi connectivity index (χ0n) is 59.5. The summed E-state index contributed by atoms with van der Waals surface area (Å²) in [4.78, 5) is 84.9. The number of halogens is 3. The maximum absolute atomic E-state index is 13.5. The first kappa shape index (κ1) is 79.1. The van der Waals surface area contributed by atoms with Gasteiger partial charge in [0.05, 0.1) is 73.6 Å². The topological polar surface area (TPSA) is 344 Å². The zero-order chi connectivity index (χ0) is 76.1. The third-order valence-corrected chi connectivity index (χ3v) is 19.1. The Morgan fingerprint density at radius 2 is 1.36 bits per heavy atom. The fraction of sp³-hybridized carbons (Fsp3) is 0.375. The Morgan fingerprint density at radius 1 is 0.740 bits per heavy atom. The molecule has 0 atom stereocenters. The number of sulfone groups is 1. The summed E-state index contributed by atoms with van der Waals surface area (Å²) in [5, 5.41) is 23.8. The molecule has 554 valence electrons. The number of urea groups is 1. The maximum atomic E-state index is 13.5. The van der Waals surface area contributed by atoms with E-state index in [4.69, 9.17) is 28.6 Å². The highest BCUT2D eigenvalue weighted by Crippen LogP contribution is 2.42. The Kier molecular flexibility index (Phi) is 25.6. The molecule has 0 spiro atoms. The van der Waals surface area contributed by atoms with Crippen molar-refractivity contribution in [2.45, 2.75) is 135 Å². The van der Waals surface area contributed by atoms with Crippen LogP contribution < -0.4 is 25.1 Å². The highest BCUT2D eigenvalue weighted by molar-refractivity contribution is 7.91. The number of sulfonamides is 1. The summed E-state index contributed by atoms with van der Waals surface area (Å²) in [5.41, 5.74) is 7.05. The summed E-state index contributed by atoms with van der Waals surface area (Å²) in [6, 6.07) is 30.5. The van der Waals surface area contributed by atoms with E-state index in [2.05, 4.69) is 68.6 Å². The van der Waals surface area contributed by atoms with Crippen LogP contribution in [0.5, 0.6) is 17.8 Å². The lowest BCUT2D eigenvalue weighted by Gasteiger charge is -2.27. The van der Waals surface area contributed by atoms with Crippen molar-refractivity contribution < 1.29 is 82.9 Å². The average Bonchev–Trinajstić information content (AvgIpc) is 1.59. The molecule has 3 aliphatic heterocycles. The van der Waals surface area contributed by atoms with Crippen molar-refractivity contribution in [3.63, 3.8) is 0 Å². The van der Waals surface area contributed by atoms with Crippen LogP contribution >= 0.6 is 0 Å². The number of aromatic nitrogens is 7. The van der Waals surface area contributed by atoms with Crippen molar-refractivity contribution in [3.8, 4) is 28.9 Å². The van der Waals surface area contributed by atoms with Gasteiger partial charge in [-0.25, -0.2) is 45.2 Å². The summed E-state index contributed by atoms with van der Waals surface area (Å²) in [6.07, 6.45) is -1.40. The Morgan fingerprint density at radius 3 is 1.90 bits per heavy atom. The molecule has 32 heteroatoms. The summed E-state index contributed by atoms with van der Waals surface area (Å²) >= 11 is 0. The highest BCUT2D eigenvalue weighted by atomic mass is 32.2. The van der Waals surface area contributed by atoms with Crippen LogP contribution in [-0.4, -0.2) is 137 Å². The predicted octanol–water partition coefficient (Wildman–Crippen LogP) is 10.4. The first-order valence-corrected chi connectivity index (χ1v) is 36.4. The van der Waals surface area contributed by atoms with Crippen molar-refractivity contribution in [1.82, 2.24) is 38.8 Å². The lowest BCUT2D eigenvalue weighted by Crippen LogP contribution is -2.35. The molecule has 3 N–H and O–H groups in total. The molecule has 5 aromatic carbocycles. The van der Waals surface area contributed by atoms with Gasteiger partial charge in [0.15, 0.2) is 26.9 Å². The molecule has 3 aromatic heterocycles. The van der Waals surface area contributed by atoms with E-state index >= 15 is 0 Å². The van der Waals surface area contributed by atoms with Gasteiger partial charge in [-0.2, -0.15) is 33.2 Å². The minimum Gasteiger partial charge on any atom is -0.493 e. The van der Waals surface area contributed by atoms with Crippen LogP contribution in [0.2, 0.25) is 0 Å². The van der Waals surface area contributed by atoms with Crippen LogP contribution in [-0.2, 0) is 93.6 Å². The van der Waals surface area contributed by atoms with E-state index in [0.29, 0.717) is 86.4 Å². The quantitative estimate of drug-likeness (QED) is 0.0531. The van der Waals surface area contributed by atoms with Crippen LogP contribution in [0.15, 0.2) is 140 Å². The number of carbonyl (C=O) groups is 4. The number of fused-ring (bicyclic) bond motifs is 1. The van der Waals surface area contributed by atoms with E-state index in [1.54, 1.807) is 27.9 Å². The highest BCUT2D eigenvalue weighted by Gasteiger charge is 2.45. The fourth-order valence-corrected chi connectivity index (χ4v) is 13.6. The molecule has 0 saturated carbocycles. The normalized spacial score (nSPS) is 14.0. The molecule has 3 aliphatic rings. The number of oxime groups is 2. The molecule has 6 heterocycles. The minimum absolute atomic E-state index is 0.0493. The van der Waals surface area contributed by atoms with Crippen molar-refractivity contribution in [2.75, 3.05) is 45.1 Å². The van der Waals surface area contributed by atoms with Crippen LogP contribution in [0.1, 0.15) is 127 Å². The van der Waals surface area contributed by atoms with Gasteiger partial charge >= 0.3 is 30.2 Å². The zero-order valence-corrected chi connectivity index (χ0v) is 61.1. The summed E-state index contributed by atoms with van der Waals surface area (Å²) in [6.45, 7) is 19.2. The third kappa shape index (κ3) is 19.0. The van der Waals surface area contributed by atoms with Gasteiger partial charge < -0.3 is 33.7 Å². The van der Waals surface area contributed by atoms with E-state index in [0.717, 1.165) is 53.0 Å². The lowest BCUT2D eigenvalue weighted by atomic mass is 9.82. The van der Waals surface area contributed by atoms with Crippen molar-refractivity contribution in [1.29, 1.82) is 0 Å². The smallest absolute Gasteiger partial charge is 0.389 e. The standard InChI is InChI=1S/C23H32N2O4.C18H17NO3.C16H17N3O5S.C15H16F3N5O4S/c1-7-16-13-15(3)14-17(8-2)18(16)19-20(26)24-9-11-28-12-10-25(24)21(19)29-22(27)23(4,5)6;1-2-21-17(20)16-13-18(22-19-16,14-9-5-3-6-10-14)15-11-7-4-8-12-15;1-9-10(15(20)11-8-17-19(2)16(11)21)4-5-13(25(3,22)23)14(9)12-6-7-24-18-12;1-9-19-12(22-14(20-9)27-2)21-13(24)23-28(25,26)11-6-4-3-5-10(11)7-8-15(16,17)18/h13-14H,7-12H2,1-6H3;3-12H,2,13H2,1H3;4-5,8,21H,6-7H2,1-3H3;3-6H,7-8H2,1-2H3,(H2,19,20,21,22,23,24). The van der Waals surface area contributed by atoms with Gasteiger partial charge in [-0.05, 0) is 114 Å². The number of aryl methyl sites for hydroxylation is 6. The van der Waals surface area contributed by atoms with E-state index in [9.17, 15) is 59.1 Å². The number of benzene rings is 5. The molecule has 11 rings (SSSR count). The molecular formula is C72H82F3N11O16S2. The van der Waals surface area contributed by atoms with Gasteiger partial charge in [-0.1, -0.05) is 121 Å². The second-order valence-corrected chi connectivity index (χ2v) is 28.7. The number of hydrogen-bond acceptors (Lipinski definition) is 22. The lowest BCUT2D eigenvalue weighted by molar-refractivity contribution is -0.143. The first-order valence-electron chi connectivity index (χ1n) is 33.0. The van der Waals surface area contributed by atoms with Crippen molar-refractivity contribution >= 4 is 61.0 Å². The van der Waals surface area contributed by atoms with Gasteiger partial charge in [0, 0.05) is 48.4 Å². The number of nitrogens with one attached hydrogen (secondary N) is 2. The Labute approximate surface area is 599 Å². The van der Waals surface area contributed by atoms with E-state index in [1.165, 1.54) is 67.9 Å². The number of ether oxygens (including phenoxy) is 4. The summed E-state index contributed by atoms with van der Waals surface area (Å²) in [5.74, 6) is -1.17. The SMILES string of the molecule is CCOC(=O)C1=NOC(c2ccccc2)(c2ccccc2)C1.CCc1cc(C)cc(CC)c1-c1c(OC(=O)C(C)(C)C)n2n(c1=O)CCOCC2.COc1nc(C)nc(NC(=O)NS(=O)(=O)c2ccccc2CCC(F)(F)F)n1.Cc1c(C(=O)c2cnn(C)c2O)ccc(S(C)(=O)=O)c1C1=NOCC1. The third-order valence-electron chi connectivity index (χ3n) is 16.5. The van der Waals surface area contributed by atoms with Crippen molar-refractivity contribution in [3.05, 3.63) is 187 Å². The molecule has 104 heavy (non-hydrogen) atoms. The number of amides is 2. The molecular weight excluding hydrogens is 1400 g/mol. The Balaban J connectivity index is 0.000000176. The summed E-state index contributed by atoms with van der Waals surface area (Å²) in [7, 11) is -5.15. The second-order valence-electron chi connectivity index (χ2n) is 25.0. The van der Waals surface area contributed by atoms with Crippen LogP contribution in [0.25, 0.3) is 11.1 Å². The second kappa shape index (κ2) is 33.7. The molecule has 0 saturated heterocycles. The predicted molar refractivity (Wildman–Crippen MR) is 378 cm³/mol. The first-order chi connectivity index (χ1) is 49.2. The van der Waals surface area contributed by atoms with Gasteiger partial charge in [-0.15, -0.1) is 0 Å². The molecule has 0 unspecified atom stereocenters. The van der Waals surface area contributed by atoms with Gasteiger partial charge in [0.2, 0.25) is 17.7 Å². The van der Waals surface area contributed by atoms with E-state index in [1.807, 2.05) is 81.4 Å². The number of aromatic hydroxyl groups is 1. The van der Waals surface area contributed by atoms with Crippen LogP contribution in [0.3, 0.4) is 0 Å². The van der Waals surface area contributed by atoms with E-state index in [-0.39, 0.29) is 56.8 Å². The summed E-state index contributed by atoms with van der Waals surface area (Å²) < 4.78 is 114. The van der Waals surface area contributed by atoms with E-state index < -0.39 is 72.6 Å². The number of methoxy groups -OCH3 is 1. The van der Waals surface area contributed by atoms with Gasteiger partial charge in [0.1, 0.15) is 23.6 Å². The number of ketones is 1. The average molecular weight is 1480 g/mol. The molecule has 0 radical (unpaired) electrons. The molecule has 0 fully saturated rings.